The molecule has 1 aliphatic rings. The Balaban J connectivity index is 2.03. The zero-order valence-corrected chi connectivity index (χ0v) is 11.9. The molecule has 0 saturated carbocycles. The van der Waals surface area contributed by atoms with Gasteiger partial charge in [0.05, 0.1) is 5.41 Å². The molecule has 1 N–H and O–H groups in total. The molecule has 18 heavy (non-hydrogen) atoms. The van der Waals surface area contributed by atoms with E-state index in [1.165, 1.54) is 10.4 Å². The smallest absolute Gasteiger partial charge is 0.310 e. The van der Waals surface area contributed by atoms with Crippen molar-refractivity contribution in [2.45, 2.75) is 39.7 Å². The molecule has 4 heteroatoms. The van der Waals surface area contributed by atoms with Gasteiger partial charge in [-0.3, -0.25) is 9.69 Å². The minimum absolute atomic E-state index is 0.500. The van der Waals surface area contributed by atoms with Gasteiger partial charge in [0.2, 0.25) is 0 Å². The summed E-state index contributed by atoms with van der Waals surface area (Å²) in [5.74, 6) is -0.616. The van der Waals surface area contributed by atoms with Gasteiger partial charge in [0.1, 0.15) is 0 Å². The zero-order valence-electron chi connectivity index (χ0n) is 11.1. The lowest BCUT2D eigenvalue weighted by atomic mass is 9.83. The van der Waals surface area contributed by atoms with Crippen LogP contribution in [0.25, 0.3) is 0 Å². The fraction of sp³-hybridized carbons (Fsp3) is 0.643. The summed E-state index contributed by atoms with van der Waals surface area (Å²) in [4.78, 5) is 15.2. The molecule has 3 nitrogen and oxygen atoms in total. The van der Waals surface area contributed by atoms with Crippen molar-refractivity contribution in [2.75, 3.05) is 13.1 Å². The average molecular weight is 267 g/mol. The largest absolute Gasteiger partial charge is 0.481 e. The normalized spacial score (nSPS) is 24.6. The van der Waals surface area contributed by atoms with E-state index in [2.05, 4.69) is 30.2 Å². The topological polar surface area (TPSA) is 40.5 Å². The van der Waals surface area contributed by atoms with Gasteiger partial charge in [0, 0.05) is 18.0 Å². The quantitative estimate of drug-likeness (QED) is 0.891. The number of hydrogen-bond acceptors (Lipinski definition) is 3. The summed E-state index contributed by atoms with van der Waals surface area (Å²) in [5, 5.41) is 11.6. The van der Waals surface area contributed by atoms with Crippen LogP contribution in [0.2, 0.25) is 0 Å². The summed E-state index contributed by atoms with van der Waals surface area (Å²) in [6, 6.07) is 2.13. The summed E-state index contributed by atoms with van der Waals surface area (Å²) in [6.45, 7) is 6.70. The first-order valence-electron chi connectivity index (χ1n) is 6.56. The van der Waals surface area contributed by atoms with E-state index in [-0.39, 0.29) is 0 Å². The van der Waals surface area contributed by atoms with Crippen LogP contribution >= 0.6 is 11.3 Å². The average Bonchev–Trinajstić information content (AvgIpc) is 2.89. The summed E-state index contributed by atoms with van der Waals surface area (Å²) >= 11 is 1.77. The van der Waals surface area contributed by atoms with E-state index in [1.807, 2.05) is 0 Å². The van der Waals surface area contributed by atoms with E-state index in [4.69, 9.17) is 0 Å². The lowest BCUT2D eigenvalue weighted by Crippen LogP contribution is -2.34. The molecule has 1 saturated heterocycles. The van der Waals surface area contributed by atoms with Crippen LogP contribution in [-0.4, -0.2) is 29.1 Å². The van der Waals surface area contributed by atoms with Crippen molar-refractivity contribution in [3.63, 3.8) is 0 Å². The highest BCUT2D eigenvalue weighted by Crippen LogP contribution is 2.36. The highest BCUT2D eigenvalue weighted by Gasteiger charge is 2.43. The summed E-state index contributed by atoms with van der Waals surface area (Å²) in [5.41, 5.74) is 0.822. The minimum atomic E-state index is -0.616. The number of rotatable bonds is 5. The third kappa shape index (κ3) is 2.59. The molecule has 0 amide bonds. The Morgan fingerprint density at radius 2 is 2.39 bits per heavy atom. The molecule has 1 aliphatic heterocycles. The van der Waals surface area contributed by atoms with Gasteiger partial charge >= 0.3 is 5.97 Å². The number of nitrogens with zero attached hydrogens (tertiary/aromatic N) is 1. The fourth-order valence-electron chi connectivity index (χ4n) is 2.83. The number of thiophene rings is 1. The number of aliphatic carboxylic acids is 1. The summed E-state index contributed by atoms with van der Waals surface area (Å²) in [6.07, 6.45) is 2.53. The SMILES string of the molecule is CCCC1(C(=O)O)CCN(Cc2sccc2C)C1. The van der Waals surface area contributed by atoms with Crippen LogP contribution in [0.5, 0.6) is 0 Å². The Labute approximate surface area is 112 Å². The van der Waals surface area contributed by atoms with Crippen LogP contribution < -0.4 is 0 Å². The van der Waals surface area contributed by atoms with Crippen LogP contribution in [0.1, 0.15) is 36.6 Å². The lowest BCUT2D eigenvalue weighted by Gasteiger charge is -2.24. The van der Waals surface area contributed by atoms with E-state index < -0.39 is 11.4 Å². The monoisotopic (exact) mass is 267 g/mol. The van der Waals surface area contributed by atoms with E-state index in [0.717, 1.165) is 32.4 Å². The second-order valence-electron chi connectivity index (χ2n) is 5.32. The molecule has 1 unspecified atom stereocenters. The number of carboxylic acids is 1. The number of hydrogen-bond donors (Lipinski definition) is 1. The van der Waals surface area contributed by atoms with Crippen molar-refractivity contribution in [1.82, 2.24) is 4.90 Å². The van der Waals surface area contributed by atoms with Gasteiger partial charge in [0.15, 0.2) is 0 Å². The molecule has 0 aliphatic carbocycles. The first kappa shape index (κ1) is 13.6. The van der Waals surface area contributed by atoms with E-state index in [1.54, 1.807) is 11.3 Å². The van der Waals surface area contributed by atoms with Gasteiger partial charge in [-0.15, -0.1) is 11.3 Å². The van der Waals surface area contributed by atoms with Gasteiger partial charge in [-0.2, -0.15) is 0 Å². The van der Waals surface area contributed by atoms with Gasteiger partial charge in [-0.25, -0.2) is 0 Å². The van der Waals surface area contributed by atoms with Crippen molar-refractivity contribution in [2.24, 2.45) is 5.41 Å². The van der Waals surface area contributed by atoms with Crippen molar-refractivity contribution in [3.05, 3.63) is 21.9 Å². The number of carbonyl (C=O) groups is 1. The first-order chi connectivity index (χ1) is 8.57. The third-order valence-corrected chi connectivity index (χ3v) is 4.96. The number of likely N-dealkylation sites (tertiary alicyclic amines) is 1. The third-order valence-electron chi connectivity index (χ3n) is 3.95. The fourth-order valence-corrected chi connectivity index (χ4v) is 3.77. The second-order valence-corrected chi connectivity index (χ2v) is 6.32. The molecule has 2 rings (SSSR count). The van der Waals surface area contributed by atoms with Gasteiger partial charge < -0.3 is 5.11 Å². The van der Waals surface area contributed by atoms with E-state index in [0.29, 0.717) is 6.54 Å². The maximum absolute atomic E-state index is 11.5. The maximum Gasteiger partial charge on any atom is 0.310 e. The van der Waals surface area contributed by atoms with Crippen LogP contribution in [-0.2, 0) is 11.3 Å². The maximum atomic E-state index is 11.5. The van der Waals surface area contributed by atoms with Crippen LogP contribution in [0.4, 0.5) is 0 Å². The van der Waals surface area contributed by atoms with Crippen molar-refractivity contribution in [1.29, 1.82) is 0 Å². The molecular formula is C14H21NO2S. The predicted molar refractivity (Wildman–Crippen MR) is 73.9 cm³/mol. The Kier molecular flexibility index (Phi) is 4.07. The van der Waals surface area contributed by atoms with E-state index in [9.17, 15) is 9.90 Å². The molecule has 1 aromatic heterocycles. The molecular weight excluding hydrogens is 246 g/mol. The second kappa shape index (κ2) is 5.41. The Morgan fingerprint density at radius 3 is 2.94 bits per heavy atom. The zero-order chi connectivity index (χ0) is 13.2. The molecule has 0 spiro atoms. The van der Waals surface area contributed by atoms with Crippen molar-refractivity contribution in [3.8, 4) is 0 Å². The van der Waals surface area contributed by atoms with Crippen LogP contribution in [0.15, 0.2) is 11.4 Å². The van der Waals surface area contributed by atoms with Gasteiger partial charge in [-0.1, -0.05) is 13.3 Å². The highest BCUT2D eigenvalue weighted by atomic mass is 32.1. The van der Waals surface area contributed by atoms with Gasteiger partial charge in [-0.05, 0) is 43.3 Å². The van der Waals surface area contributed by atoms with Crippen LogP contribution in [0.3, 0.4) is 0 Å². The molecule has 0 aromatic carbocycles. The Bertz CT molecular complexity index is 429. The van der Waals surface area contributed by atoms with Crippen molar-refractivity contribution < 1.29 is 9.90 Å². The van der Waals surface area contributed by atoms with Gasteiger partial charge in [0.25, 0.3) is 0 Å². The first-order valence-corrected chi connectivity index (χ1v) is 7.44. The van der Waals surface area contributed by atoms with E-state index >= 15 is 0 Å². The van der Waals surface area contributed by atoms with Crippen molar-refractivity contribution >= 4 is 17.3 Å². The molecule has 100 valence electrons. The molecule has 1 aromatic rings. The summed E-state index contributed by atoms with van der Waals surface area (Å²) in [7, 11) is 0. The molecule has 2 heterocycles. The summed E-state index contributed by atoms with van der Waals surface area (Å²) < 4.78 is 0. The molecule has 0 radical (unpaired) electrons. The van der Waals surface area contributed by atoms with Crippen LogP contribution in [0, 0.1) is 12.3 Å². The minimum Gasteiger partial charge on any atom is -0.481 e. The Hall–Kier alpha value is -0.870. The molecule has 0 bridgehead atoms. The molecule has 1 fully saturated rings. The lowest BCUT2D eigenvalue weighted by molar-refractivity contribution is -0.148. The number of carboxylic acid groups (broad SMARTS) is 1. The highest BCUT2D eigenvalue weighted by molar-refractivity contribution is 7.10. The Morgan fingerprint density at radius 1 is 1.61 bits per heavy atom. The number of aryl methyl sites for hydroxylation is 1. The predicted octanol–water partition coefficient (Wildman–Crippen LogP) is 3.13. The standard InChI is InChI=1S/C14H21NO2S/c1-3-5-14(13(16)17)6-7-15(10-14)9-12-11(2)4-8-18-12/h4,8H,3,5-7,9-10H2,1-2H3,(H,16,17). The molecule has 1 atom stereocenters.